The van der Waals surface area contributed by atoms with E-state index in [2.05, 4.69) is 15.2 Å². The van der Waals surface area contributed by atoms with Gasteiger partial charge in [-0.1, -0.05) is 29.3 Å². The van der Waals surface area contributed by atoms with Crippen LogP contribution in [0.25, 0.3) is 0 Å². The lowest BCUT2D eigenvalue weighted by atomic mass is 10.2. The van der Waals surface area contributed by atoms with Crippen LogP contribution in [0.2, 0.25) is 5.02 Å². The minimum absolute atomic E-state index is 0.0712. The number of aromatic nitrogens is 1. The zero-order valence-corrected chi connectivity index (χ0v) is 14.6. The van der Waals surface area contributed by atoms with Crippen LogP contribution in [0.3, 0.4) is 0 Å². The highest BCUT2D eigenvalue weighted by molar-refractivity contribution is 6.32. The van der Waals surface area contributed by atoms with Gasteiger partial charge in [0.2, 0.25) is 0 Å². The summed E-state index contributed by atoms with van der Waals surface area (Å²) in [7, 11) is 0. The zero-order chi connectivity index (χ0) is 17.1. The molecule has 0 aliphatic carbocycles. The third-order valence-electron chi connectivity index (χ3n) is 4.23. The molecular formula is C18H21ClN4O. The first kappa shape index (κ1) is 16.6. The molecule has 2 aromatic rings. The summed E-state index contributed by atoms with van der Waals surface area (Å²) in [5, 5.41) is 3.60. The number of nitrogens with one attached hydrogen (secondary N) is 1. The number of rotatable bonds is 2. The minimum atomic E-state index is -0.0712. The first-order valence-corrected chi connectivity index (χ1v) is 8.42. The smallest absolute Gasteiger partial charge is 0.322 e. The third kappa shape index (κ3) is 3.62. The molecule has 6 heteroatoms. The van der Waals surface area contributed by atoms with Crippen molar-refractivity contribution >= 4 is 29.1 Å². The number of amides is 2. The summed E-state index contributed by atoms with van der Waals surface area (Å²) in [5.41, 5.74) is 1.98. The van der Waals surface area contributed by atoms with Crippen molar-refractivity contribution < 1.29 is 4.79 Å². The number of urea groups is 1. The monoisotopic (exact) mass is 344 g/mol. The van der Waals surface area contributed by atoms with E-state index >= 15 is 0 Å². The van der Waals surface area contributed by atoms with Crippen LogP contribution in [0.1, 0.15) is 12.5 Å². The average molecular weight is 345 g/mol. The van der Waals surface area contributed by atoms with Gasteiger partial charge in [0.15, 0.2) is 0 Å². The Labute approximate surface area is 147 Å². The van der Waals surface area contributed by atoms with Crippen LogP contribution in [0.4, 0.5) is 16.3 Å². The Hall–Kier alpha value is -2.27. The number of nitrogens with zero attached hydrogens (tertiary/aromatic N) is 3. The number of piperazine rings is 1. The van der Waals surface area contributed by atoms with E-state index < -0.39 is 0 Å². The van der Waals surface area contributed by atoms with Crippen LogP contribution in [-0.4, -0.2) is 41.6 Å². The molecule has 0 radical (unpaired) electrons. The maximum Gasteiger partial charge on any atom is 0.322 e. The average Bonchev–Trinajstić information content (AvgIpc) is 2.57. The van der Waals surface area contributed by atoms with E-state index in [9.17, 15) is 4.79 Å². The molecule has 126 valence electrons. The first-order valence-electron chi connectivity index (χ1n) is 8.04. The molecular weight excluding hydrogens is 324 g/mol. The van der Waals surface area contributed by atoms with Crippen molar-refractivity contribution in [3.63, 3.8) is 0 Å². The fourth-order valence-corrected chi connectivity index (χ4v) is 3.13. The highest BCUT2D eigenvalue weighted by Crippen LogP contribution is 2.25. The van der Waals surface area contributed by atoms with E-state index in [0.29, 0.717) is 24.7 Å². The molecule has 1 saturated heterocycles. The molecule has 0 spiro atoms. The van der Waals surface area contributed by atoms with Crippen LogP contribution >= 0.6 is 11.6 Å². The summed E-state index contributed by atoms with van der Waals surface area (Å²) in [6, 6.07) is 11.5. The number of pyridine rings is 1. The Morgan fingerprint density at radius 1 is 1.25 bits per heavy atom. The standard InChI is InChI=1S/C18H21ClN4O/c1-13-5-7-15(8-6-13)21-18(24)23-11-10-22(12-14(23)2)17-16(19)4-3-9-20-17/h3-9,14H,10-12H2,1-2H3,(H,21,24)/t14-/m1/s1. The molecule has 2 heterocycles. The molecule has 1 N–H and O–H groups in total. The van der Waals surface area contributed by atoms with Crippen LogP contribution in [-0.2, 0) is 0 Å². The summed E-state index contributed by atoms with van der Waals surface area (Å²) in [6.45, 7) is 6.11. The summed E-state index contributed by atoms with van der Waals surface area (Å²) >= 11 is 6.23. The SMILES string of the molecule is Cc1ccc(NC(=O)N2CCN(c3ncccc3Cl)C[C@H]2C)cc1. The predicted octanol–water partition coefficient (Wildman–Crippen LogP) is 3.79. The fourth-order valence-electron chi connectivity index (χ4n) is 2.89. The number of benzene rings is 1. The van der Waals surface area contributed by atoms with Crippen LogP contribution in [0.5, 0.6) is 0 Å². The quantitative estimate of drug-likeness (QED) is 0.901. The van der Waals surface area contributed by atoms with Crippen molar-refractivity contribution in [1.82, 2.24) is 9.88 Å². The van der Waals surface area contributed by atoms with E-state index in [1.807, 2.05) is 55.1 Å². The van der Waals surface area contributed by atoms with Crippen molar-refractivity contribution in [3.8, 4) is 0 Å². The van der Waals surface area contributed by atoms with Gasteiger partial charge < -0.3 is 15.1 Å². The molecule has 0 saturated carbocycles. The zero-order valence-electron chi connectivity index (χ0n) is 13.9. The third-order valence-corrected chi connectivity index (χ3v) is 4.52. The van der Waals surface area contributed by atoms with Crippen molar-refractivity contribution in [2.75, 3.05) is 29.9 Å². The van der Waals surface area contributed by atoms with Crippen LogP contribution in [0, 0.1) is 6.92 Å². The van der Waals surface area contributed by atoms with Gasteiger partial charge in [0.25, 0.3) is 0 Å². The summed E-state index contributed by atoms with van der Waals surface area (Å²) in [6.07, 6.45) is 1.74. The normalized spacial score (nSPS) is 17.7. The van der Waals surface area contributed by atoms with Gasteiger partial charge in [0.05, 0.1) is 5.02 Å². The van der Waals surface area contributed by atoms with Gasteiger partial charge >= 0.3 is 6.03 Å². The van der Waals surface area contributed by atoms with Gasteiger partial charge in [-0.25, -0.2) is 9.78 Å². The number of aryl methyl sites for hydroxylation is 1. The second kappa shape index (κ2) is 7.09. The van der Waals surface area contributed by atoms with Gasteiger partial charge in [-0.3, -0.25) is 0 Å². The highest BCUT2D eigenvalue weighted by Gasteiger charge is 2.28. The van der Waals surface area contributed by atoms with Crippen LogP contribution in [0.15, 0.2) is 42.6 Å². The van der Waals surface area contributed by atoms with E-state index in [4.69, 9.17) is 11.6 Å². The van der Waals surface area contributed by atoms with Crippen molar-refractivity contribution in [2.45, 2.75) is 19.9 Å². The maximum atomic E-state index is 12.5. The molecule has 1 aromatic carbocycles. The van der Waals surface area contributed by atoms with E-state index in [1.54, 1.807) is 6.20 Å². The van der Waals surface area contributed by atoms with Gasteiger partial charge in [-0.05, 0) is 38.1 Å². The topological polar surface area (TPSA) is 48.5 Å². The van der Waals surface area contributed by atoms with E-state index in [1.165, 1.54) is 5.56 Å². The number of hydrogen-bond donors (Lipinski definition) is 1. The molecule has 24 heavy (non-hydrogen) atoms. The van der Waals surface area contributed by atoms with Crippen molar-refractivity contribution in [2.24, 2.45) is 0 Å². The van der Waals surface area contributed by atoms with Crippen molar-refractivity contribution in [3.05, 3.63) is 53.2 Å². The second-order valence-corrected chi connectivity index (χ2v) is 6.50. The summed E-state index contributed by atoms with van der Waals surface area (Å²) in [5.74, 6) is 0.782. The molecule has 2 amide bonds. The lowest BCUT2D eigenvalue weighted by Crippen LogP contribution is -2.55. The van der Waals surface area contributed by atoms with Crippen LogP contribution < -0.4 is 10.2 Å². The van der Waals surface area contributed by atoms with Gasteiger partial charge in [-0.15, -0.1) is 0 Å². The fraction of sp³-hybridized carbons (Fsp3) is 0.333. The Kier molecular flexibility index (Phi) is 4.90. The number of carbonyl (C=O) groups excluding carboxylic acids is 1. The Morgan fingerprint density at radius 3 is 2.67 bits per heavy atom. The highest BCUT2D eigenvalue weighted by atomic mass is 35.5. The lowest BCUT2D eigenvalue weighted by Gasteiger charge is -2.40. The molecule has 0 unspecified atom stereocenters. The molecule has 1 aliphatic heterocycles. The molecule has 1 aliphatic rings. The maximum absolute atomic E-state index is 12.5. The molecule has 1 fully saturated rings. The molecule has 3 rings (SSSR count). The molecule has 0 bridgehead atoms. The number of anilines is 2. The van der Waals surface area contributed by atoms with Gasteiger partial charge in [0, 0.05) is 37.6 Å². The van der Waals surface area contributed by atoms with E-state index in [0.717, 1.165) is 11.5 Å². The van der Waals surface area contributed by atoms with Gasteiger partial charge in [0.1, 0.15) is 5.82 Å². The second-order valence-electron chi connectivity index (χ2n) is 6.09. The number of halogens is 1. The Bertz CT molecular complexity index is 719. The molecule has 1 aromatic heterocycles. The number of carbonyl (C=O) groups is 1. The van der Waals surface area contributed by atoms with E-state index in [-0.39, 0.29) is 12.1 Å². The molecule has 1 atom stereocenters. The Balaban J connectivity index is 1.64. The molecule has 5 nitrogen and oxygen atoms in total. The summed E-state index contributed by atoms with van der Waals surface area (Å²) in [4.78, 5) is 20.9. The largest absolute Gasteiger partial charge is 0.352 e. The minimum Gasteiger partial charge on any atom is -0.352 e. The lowest BCUT2D eigenvalue weighted by molar-refractivity contribution is 0.184. The van der Waals surface area contributed by atoms with Crippen molar-refractivity contribution in [1.29, 1.82) is 0 Å². The first-order chi connectivity index (χ1) is 11.5. The summed E-state index contributed by atoms with van der Waals surface area (Å²) < 4.78 is 0. The van der Waals surface area contributed by atoms with Gasteiger partial charge in [-0.2, -0.15) is 0 Å². The Morgan fingerprint density at radius 2 is 2.00 bits per heavy atom. The predicted molar refractivity (Wildman–Crippen MR) is 97.8 cm³/mol. The number of hydrogen-bond acceptors (Lipinski definition) is 3.